The Bertz CT molecular complexity index is 497. The van der Waals surface area contributed by atoms with Crippen LogP contribution < -0.4 is 10.9 Å². The molecule has 0 aliphatic carbocycles. The molecule has 0 aliphatic heterocycles. The summed E-state index contributed by atoms with van der Waals surface area (Å²) in [6, 6.07) is 6.32. The number of carbonyl (C=O) groups excluding carboxylic acids is 1. The lowest BCUT2D eigenvalue weighted by molar-refractivity contribution is 0.0999. The van der Waals surface area contributed by atoms with Crippen molar-refractivity contribution in [2.75, 3.05) is 0 Å². The number of benzene rings is 1. The van der Waals surface area contributed by atoms with Crippen LogP contribution in [0.2, 0.25) is 0 Å². The van der Waals surface area contributed by atoms with Crippen LogP contribution in [0.15, 0.2) is 24.3 Å². The van der Waals surface area contributed by atoms with Crippen LogP contribution in [0.5, 0.6) is 0 Å². The van der Waals surface area contributed by atoms with Crippen molar-refractivity contribution in [2.24, 2.45) is 10.9 Å². The van der Waals surface area contributed by atoms with Crippen molar-refractivity contribution in [2.45, 2.75) is 18.6 Å². The number of rotatable bonds is 4. The molecule has 0 aromatic heterocycles. The van der Waals surface area contributed by atoms with Gasteiger partial charge in [-0.3, -0.25) is 4.79 Å². The third-order valence-electron chi connectivity index (χ3n) is 2.34. The first kappa shape index (κ1) is 12.7. The first-order valence-corrected chi connectivity index (χ1v) is 6.39. The van der Waals surface area contributed by atoms with Crippen LogP contribution in [-0.4, -0.2) is 14.3 Å². The summed E-state index contributed by atoms with van der Waals surface area (Å²) >= 11 is 0. The number of amides is 1. The molecule has 0 saturated heterocycles. The highest BCUT2D eigenvalue weighted by atomic mass is 32.2. The second-order valence-electron chi connectivity index (χ2n) is 3.44. The van der Waals surface area contributed by atoms with E-state index in [1.54, 1.807) is 25.1 Å². The van der Waals surface area contributed by atoms with Gasteiger partial charge in [-0.05, 0) is 18.1 Å². The van der Waals surface area contributed by atoms with Crippen LogP contribution in [0.4, 0.5) is 0 Å². The third kappa shape index (κ3) is 2.59. The fraction of sp³-hybridized carbons (Fsp3) is 0.300. The molecule has 0 heterocycles. The minimum Gasteiger partial charge on any atom is -0.366 e. The Balaban J connectivity index is 3.36. The van der Waals surface area contributed by atoms with Crippen LogP contribution in [0.25, 0.3) is 0 Å². The van der Waals surface area contributed by atoms with Crippen LogP contribution in [-0.2, 0) is 10.0 Å². The molecule has 88 valence electrons. The maximum atomic E-state index is 11.4. The predicted octanol–water partition coefficient (Wildman–Crippen LogP) is 0.525. The second kappa shape index (κ2) is 4.63. The Morgan fingerprint density at radius 1 is 1.38 bits per heavy atom. The molecule has 0 spiro atoms. The van der Waals surface area contributed by atoms with Crippen LogP contribution in [0.3, 0.4) is 0 Å². The zero-order chi connectivity index (χ0) is 12.3. The van der Waals surface area contributed by atoms with Gasteiger partial charge >= 0.3 is 0 Å². The lowest BCUT2D eigenvalue weighted by Gasteiger charge is -2.15. The molecular weight excluding hydrogens is 228 g/mol. The molecule has 1 atom stereocenters. The molecule has 5 nitrogen and oxygen atoms in total. The molecule has 1 aromatic rings. The Labute approximate surface area is 94.5 Å². The van der Waals surface area contributed by atoms with Gasteiger partial charge in [-0.15, -0.1) is 0 Å². The van der Waals surface area contributed by atoms with Crippen molar-refractivity contribution in [3.8, 4) is 0 Å². The highest BCUT2D eigenvalue weighted by Gasteiger charge is 2.25. The van der Waals surface area contributed by atoms with Gasteiger partial charge in [0.2, 0.25) is 15.9 Å². The summed E-state index contributed by atoms with van der Waals surface area (Å²) in [4.78, 5) is 11.2. The molecule has 1 rings (SSSR count). The van der Waals surface area contributed by atoms with Crippen molar-refractivity contribution in [3.05, 3.63) is 35.4 Å². The van der Waals surface area contributed by atoms with Crippen LogP contribution >= 0.6 is 0 Å². The van der Waals surface area contributed by atoms with Crippen LogP contribution in [0, 0.1) is 0 Å². The molecule has 0 aliphatic rings. The maximum absolute atomic E-state index is 11.4. The van der Waals surface area contributed by atoms with E-state index in [4.69, 9.17) is 10.9 Å². The van der Waals surface area contributed by atoms with E-state index in [1.807, 2.05) is 0 Å². The average molecular weight is 242 g/mol. The summed E-state index contributed by atoms with van der Waals surface area (Å²) in [5.41, 5.74) is 5.73. The van der Waals surface area contributed by atoms with E-state index in [9.17, 15) is 13.2 Å². The first-order chi connectivity index (χ1) is 7.38. The molecule has 4 N–H and O–H groups in total. The molecule has 1 amide bonds. The molecular formula is C10H14N2O3S. The summed E-state index contributed by atoms with van der Waals surface area (Å²) in [6.45, 7) is 1.69. The van der Waals surface area contributed by atoms with Gasteiger partial charge in [0.05, 0.1) is 0 Å². The fourth-order valence-corrected chi connectivity index (χ4v) is 2.66. The number of primary amides is 1. The van der Waals surface area contributed by atoms with E-state index in [1.165, 1.54) is 6.07 Å². The number of hydrogen-bond donors (Lipinski definition) is 2. The largest absolute Gasteiger partial charge is 0.366 e. The lowest BCUT2D eigenvalue weighted by Crippen LogP contribution is -2.24. The minimum absolute atomic E-state index is 0.198. The molecule has 1 aromatic carbocycles. The quantitative estimate of drug-likeness (QED) is 0.804. The zero-order valence-corrected chi connectivity index (χ0v) is 9.70. The zero-order valence-electron chi connectivity index (χ0n) is 8.88. The SMILES string of the molecule is CCC(c1ccccc1C(N)=O)S(N)(=O)=O. The Morgan fingerprint density at radius 2 is 1.94 bits per heavy atom. The highest BCUT2D eigenvalue weighted by Crippen LogP contribution is 2.26. The van der Waals surface area contributed by atoms with E-state index >= 15 is 0 Å². The smallest absolute Gasteiger partial charge is 0.249 e. The van der Waals surface area contributed by atoms with Gasteiger partial charge in [-0.1, -0.05) is 25.1 Å². The van der Waals surface area contributed by atoms with Crippen molar-refractivity contribution in [3.63, 3.8) is 0 Å². The summed E-state index contributed by atoms with van der Waals surface area (Å²) in [7, 11) is -3.73. The van der Waals surface area contributed by atoms with Gasteiger partial charge in [0.15, 0.2) is 0 Å². The molecule has 0 saturated carbocycles. The number of nitrogens with two attached hydrogens (primary N) is 2. The van der Waals surface area contributed by atoms with Crippen molar-refractivity contribution < 1.29 is 13.2 Å². The van der Waals surface area contributed by atoms with Gasteiger partial charge in [-0.25, -0.2) is 13.6 Å². The number of primary sulfonamides is 1. The summed E-state index contributed by atoms with van der Waals surface area (Å²) in [5.74, 6) is -0.655. The van der Waals surface area contributed by atoms with Gasteiger partial charge in [0, 0.05) is 5.56 Å². The number of sulfonamides is 1. The van der Waals surface area contributed by atoms with Crippen molar-refractivity contribution in [1.29, 1.82) is 0 Å². The molecule has 1 unspecified atom stereocenters. The third-order valence-corrected chi connectivity index (χ3v) is 3.72. The maximum Gasteiger partial charge on any atom is 0.249 e. The highest BCUT2D eigenvalue weighted by molar-refractivity contribution is 7.89. The average Bonchev–Trinajstić information content (AvgIpc) is 2.17. The fourth-order valence-electron chi connectivity index (χ4n) is 1.63. The van der Waals surface area contributed by atoms with Gasteiger partial charge in [-0.2, -0.15) is 0 Å². The first-order valence-electron chi connectivity index (χ1n) is 4.78. The number of hydrogen-bond acceptors (Lipinski definition) is 3. The van der Waals surface area contributed by atoms with E-state index in [2.05, 4.69) is 0 Å². The van der Waals surface area contributed by atoms with Crippen molar-refractivity contribution in [1.82, 2.24) is 0 Å². The molecule has 0 radical (unpaired) electrons. The Kier molecular flexibility index (Phi) is 3.66. The molecule has 16 heavy (non-hydrogen) atoms. The lowest BCUT2D eigenvalue weighted by atomic mass is 10.0. The Hall–Kier alpha value is -1.40. The molecule has 0 bridgehead atoms. The molecule has 0 fully saturated rings. The molecule has 6 heteroatoms. The topological polar surface area (TPSA) is 103 Å². The van der Waals surface area contributed by atoms with E-state index in [-0.39, 0.29) is 5.56 Å². The normalized spacial score (nSPS) is 13.4. The monoisotopic (exact) mass is 242 g/mol. The minimum atomic E-state index is -3.73. The second-order valence-corrected chi connectivity index (χ2v) is 5.18. The predicted molar refractivity (Wildman–Crippen MR) is 61.1 cm³/mol. The van der Waals surface area contributed by atoms with Gasteiger partial charge in [0.1, 0.15) is 5.25 Å². The van der Waals surface area contributed by atoms with Gasteiger partial charge < -0.3 is 5.73 Å². The van der Waals surface area contributed by atoms with E-state index < -0.39 is 21.2 Å². The summed E-state index contributed by atoms with van der Waals surface area (Å²) in [5, 5.41) is 4.22. The van der Waals surface area contributed by atoms with Crippen LogP contribution in [0.1, 0.15) is 34.5 Å². The number of carbonyl (C=O) groups is 1. The summed E-state index contributed by atoms with van der Waals surface area (Å²) < 4.78 is 22.7. The Morgan fingerprint density at radius 3 is 2.38 bits per heavy atom. The van der Waals surface area contributed by atoms with E-state index in [0.29, 0.717) is 12.0 Å². The van der Waals surface area contributed by atoms with E-state index in [0.717, 1.165) is 0 Å². The van der Waals surface area contributed by atoms with Gasteiger partial charge in [0.25, 0.3) is 0 Å². The van der Waals surface area contributed by atoms with Crippen molar-refractivity contribution >= 4 is 15.9 Å². The summed E-state index contributed by atoms with van der Waals surface area (Å²) in [6.07, 6.45) is 0.295. The standard InChI is InChI=1S/C10H14N2O3S/c1-2-9(16(12,14)15)7-5-3-4-6-8(7)10(11)13/h3-6,9H,2H2,1H3,(H2,11,13)(H2,12,14,15).